The van der Waals surface area contributed by atoms with Crippen LogP contribution in [0, 0.1) is 0 Å². The average molecular weight is 253 g/mol. The fraction of sp³-hybridized carbons (Fsp3) is 0.133. The summed E-state index contributed by atoms with van der Waals surface area (Å²) >= 11 is 0. The van der Waals surface area contributed by atoms with Gasteiger partial charge in [0.05, 0.1) is 24.1 Å². The second-order valence-electron chi connectivity index (χ2n) is 4.51. The Morgan fingerprint density at radius 1 is 1.26 bits per heavy atom. The third-order valence-corrected chi connectivity index (χ3v) is 3.25. The lowest BCUT2D eigenvalue weighted by atomic mass is 9.99. The zero-order valence-corrected chi connectivity index (χ0v) is 10.4. The van der Waals surface area contributed by atoms with E-state index in [4.69, 9.17) is 10.3 Å². The number of nitrogens with one attached hydrogen (secondary N) is 1. The van der Waals surface area contributed by atoms with Gasteiger partial charge in [-0.05, 0) is 41.8 Å². The third kappa shape index (κ3) is 2.50. The molecule has 0 amide bonds. The Morgan fingerprint density at radius 3 is 3.00 bits per heavy atom. The predicted molar refractivity (Wildman–Crippen MR) is 74.2 cm³/mol. The largest absolute Gasteiger partial charge is 0.472 e. The van der Waals surface area contributed by atoms with Gasteiger partial charge in [0.25, 0.3) is 0 Å². The first-order valence-electron chi connectivity index (χ1n) is 6.19. The average Bonchev–Trinajstić information content (AvgIpc) is 2.97. The van der Waals surface area contributed by atoms with Gasteiger partial charge >= 0.3 is 0 Å². The highest BCUT2D eigenvalue weighted by Gasteiger charge is 2.11. The minimum atomic E-state index is 0.0576. The van der Waals surface area contributed by atoms with Gasteiger partial charge in [-0.15, -0.1) is 0 Å². The molecule has 3 aromatic rings. The van der Waals surface area contributed by atoms with Gasteiger partial charge in [-0.25, -0.2) is 0 Å². The summed E-state index contributed by atoms with van der Waals surface area (Å²) in [5, 5.41) is 1.12. The van der Waals surface area contributed by atoms with E-state index in [9.17, 15) is 0 Å². The molecule has 1 atom stereocenters. The monoisotopic (exact) mass is 253 g/mol. The Labute approximate surface area is 111 Å². The Morgan fingerprint density at radius 2 is 2.21 bits per heavy atom. The maximum atomic E-state index is 5.67. The topological polar surface area (TPSA) is 64.1 Å². The maximum absolute atomic E-state index is 5.67. The quantitative estimate of drug-likeness (QED) is 0.554. The summed E-state index contributed by atoms with van der Waals surface area (Å²) in [5.41, 5.74) is 6.11. The summed E-state index contributed by atoms with van der Waals surface area (Å²) in [4.78, 5) is 4.32. The van der Waals surface area contributed by atoms with Crippen LogP contribution in [-0.4, -0.2) is 4.98 Å². The van der Waals surface area contributed by atoms with Crippen molar-refractivity contribution in [1.29, 1.82) is 0 Å². The molecule has 0 spiro atoms. The molecule has 0 saturated heterocycles. The van der Waals surface area contributed by atoms with Crippen molar-refractivity contribution < 1.29 is 4.42 Å². The molecular formula is C15H15N3O. The number of hydrazine groups is 1. The zero-order valence-electron chi connectivity index (χ0n) is 10.4. The number of hydrogen-bond acceptors (Lipinski definition) is 4. The Balaban J connectivity index is 1.92. The molecule has 2 heterocycles. The van der Waals surface area contributed by atoms with Gasteiger partial charge in [-0.2, -0.15) is 0 Å². The minimum absolute atomic E-state index is 0.0576. The van der Waals surface area contributed by atoms with Crippen molar-refractivity contribution in [1.82, 2.24) is 10.4 Å². The van der Waals surface area contributed by atoms with E-state index in [2.05, 4.69) is 28.6 Å². The molecule has 19 heavy (non-hydrogen) atoms. The number of pyridine rings is 1. The first-order chi connectivity index (χ1) is 9.36. The molecule has 0 fully saturated rings. The van der Waals surface area contributed by atoms with Gasteiger partial charge in [0.15, 0.2) is 0 Å². The number of benzene rings is 1. The van der Waals surface area contributed by atoms with E-state index in [0.717, 1.165) is 28.5 Å². The van der Waals surface area contributed by atoms with Crippen molar-refractivity contribution in [2.75, 3.05) is 0 Å². The fourth-order valence-corrected chi connectivity index (χ4v) is 2.23. The summed E-state index contributed by atoms with van der Waals surface area (Å²) in [5.74, 6) is 5.67. The molecule has 3 N–H and O–H groups in total. The molecular weight excluding hydrogens is 238 g/mol. The molecule has 4 heteroatoms. The maximum Gasteiger partial charge on any atom is 0.0935 e. The summed E-state index contributed by atoms with van der Waals surface area (Å²) in [6.07, 6.45) is 6.01. The lowest BCUT2D eigenvalue weighted by Gasteiger charge is -2.16. The number of rotatable bonds is 4. The highest BCUT2D eigenvalue weighted by atomic mass is 16.3. The smallest absolute Gasteiger partial charge is 0.0935 e. The molecule has 1 aromatic carbocycles. The van der Waals surface area contributed by atoms with Crippen LogP contribution in [0.3, 0.4) is 0 Å². The van der Waals surface area contributed by atoms with Crippen LogP contribution in [0.5, 0.6) is 0 Å². The number of nitrogens with zero attached hydrogens (tertiary/aromatic N) is 1. The van der Waals surface area contributed by atoms with Crippen LogP contribution in [0.25, 0.3) is 10.9 Å². The van der Waals surface area contributed by atoms with Crippen LogP contribution >= 0.6 is 0 Å². The molecule has 2 aromatic heterocycles. The van der Waals surface area contributed by atoms with Gasteiger partial charge in [0, 0.05) is 11.6 Å². The van der Waals surface area contributed by atoms with Crippen molar-refractivity contribution in [3.63, 3.8) is 0 Å². The van der Waals surface area contributed by atoms with E-state index in [0.29, 0.717) is 0 Å². The van der Waals surface area contributed by atoms with Gasteiger partial charge in [-0.1, -0.05) is 12.1 Å². The zero-order chi connectivity index (χ0) is 13.1. The molecule has 1 unspecified atom stereocenters. The number of fused-ring (bicyclic) bond motifs is 1. The standard InChI is InChI=1S/C15H15N3O/c16-18-15(8-11-5-7-19-10-11)13-3-4-14-12(9-13)2-1-6-17-14/h1-7,9-10,15,18H,8,16H2. The number of hydrogen-bond donors (Lipinski definition) is 2. The molecule has 3 rings (SSSR count). The fourth-order valence-electron chi connectivity index (χ4n) is 2.23. The molecule has 0 bridgehead atoms. The highest BCUT2D eigenvalue weighted by Crippen LogP contribution is 2.21. The normalized spacial score (nSPS) is 12.7. The Bertz CT molecular complexity index is 664. The van der Waals surface area contributed by atoms with E-state index in [-0.39, 0.29) is 6.04 Å². The Kier molecular flexibility index (Phi) is 3.27. The van der Waals surface area contributed by atoms with Crippen LogP contribution in [0.2, 0.25) is 0 Å². The van der Waals surface area contributed by atoms with E-state index < -0.39 is 0 Å². The van der Waals surface area contributed by atoms with Gasteiger partial charge in [-0.3, -0.25) is 16.3 Å². The number of aromatic nitrogens is 1. The van der Waals surface area contributed by atoms with Crippen molar-refractivity contribution in [3.8, 4) is 0 Å². The van der Waals surface area contributed by atoms with Crippen molar-refractivity contribution in [2.24, 2.45) is 5.84 Å². The Hall–Kier alpha value is -2.17. The SMILES string of the molecule is NNC(Cc1ccoc1)c1ccc2ncccc2c1. The molecule has 0 aliphatic rings. The number of furan rings is 1. The molecule has 0 aliphatic carbocycles. The first-order valence-corrected chi connectivity index (χ1v) is 6.19. The molecule has 0 aliphatic heterocycles. The van der Waals surface area contributed by atoms with Crippen LogP contribution in [0.15, 0.2) is 59.5 Å². The van der Waals surface area contributed by atoms with E-state index >= 15 is 0 Å². The van der Waals surface area contributed by atoms with Gasteiger partial charge in [0.1, 0.15) is 0 Å². The lowest BCUT2D eigenvalue weighted by molar-refractivity contribution is 0.536. The van der Waals surface area contributed by atoms with Crippen LogP contribution in [0.1, 0.15) is 17.2 Å². The molecule has 96 valence electrons. The third-order valence-electron chi connectivity index (χ3n) is 3.25. The minimum Gasteiger partial charge on any atom is -0.472 e. The highest BCUT2D eigenvalue weighted by molar-refractivity contribution is 5.79. The van der Waals surface area contributed by atoms with E-state index in [1.54, 1.807) is 18.7 Å². The number of nitrogens with two attached hydrogens (primary N) is 1. The lowest BCUT2D eigenvalue weighted by Crippen LogP contribution is -2.29. The first kappa shape index (κ1) is 11.9. The van der Waals surface area contributed by atoms with Crippen LogP contribution < -0.4 is 11.3 Å². The van der Waals surface area contributed by atoms with E-state index in [1.165, 1.54) is 0 Å². The summed E-state index contributed by atoms with van der Waals surface area (Å²) in [7, 11) is 0. The molecule has 4 nitrogen and oxygen atoms in total. The molecule has 0 radical (unpaired) electrons. The van der Waals surface area contributed by atoms with Crippen LogP contribution in [0.4, 0.5) is 0 Å². The van der Waals surface area contributed by atoms with Crippen molar-refractivity contribution in [3.05, 3.63) is 66.2 Å². The van der Waals surface area contributed by atoms with Crippen molar-refractivity contribution in [2.45, 2.75) is 12.5 Å². The summed E-state index contributed by atoms with van der Waals surface area (Å²) in [6.45, 7) is 0. The predicted octanol–water partition coefficient (Wildman–Crippen LogP) is 2.57. The molecule has 0 saturated carbocycles. The van der Waals surface area contributed by atoms with E-state index in [1.807, 2.05) is 18.2 Å². The summed E-state index contributed by atoms with van der Waals surface area (Å²) in [6, 6.07) is 12.2. The van der Waals surface area contributed by atoms with Gasteiger partial charge < -0.3 is 4.42 Å². The van der Waals surface area contributed by atoms with Crippen molar-refractivity contribution >= 4 is 10.9 Å². The van der Waals surface area contributed by atoms with Crippen LogP contribution in [-0.2, 0) is 6.42 Å². The summed E-state index contributed by atoms with van der Waals surface area (Å²) < 4.78 is 5.09. The second-order valence-corrected chi connectivity index (χ2v) is 4.51. The second kappa shape index (κ2) is 5.22. The van der Waals surface area contributed by atoms with Gasteiger partial charge in [0.2, 0.25) is 0 Å².